The number of anilines is 2. The minimum atomic E-state index is 0.519. The predicted octanol–water partition coefficient (Wildman–Crippen LogP) is 1.56. The molecular formula is C12H13N7S. The van der Waals surface area contributed by atoms with Gasteiger partial charge in [0.05, 0.1) is 5.56 Å². The van der Waals surface area contributed by atoms with Crippen LogP contribution in [0.25, 0.3) is 11.1 Å². The van der Waals surface area contributed by atoms with Crippen LogP contribution in [0.15, 0.2) is 30.9 Å². The molecule has 3 aromatic heterocycles. The van der Waals surface area contributed by atoms with Crippen LogP contribution in [0.5, 0.6) is 0 Å². The second-order valence-corrected chi connectivity index (χ2v) is 4.90. The van der Waals surface area contributed by atoms with Gasteiger partial charge < -0.3 is 11.1 Å². The number of H-pyrrole nitrogens is 1. The molecule has 4 N–H and O–H groups in total. The van der Waals surface area contributed by atoms with Gasteiger partial charge in [-0.25, -0.2) is 4.98 Å². The number of hydrogen-bond donors (Lipinski definition) is 3. The maximum atomic E-state index is 5.94. The first-order chi connectivity index (χ1) is 9.84. The van der Waals surface area contributed by atoms with Gasteiger partial charge >= 0.3 is 0 Å². The molecule has 8 heteroatoms. The molecule has 0 amide bonds. The van der Waals surface area contributed by atoms with Gasteiger partial charge in [-0.2, -0.15) is 9.47 Å². The molecule has 0 aliphatic heterocycles. The second kappa shape index (κ2) is 5.66. The number of nitrogens with zero attached hydrogens (tertiary/aromatic N) is 4. The molecule has 0 atom stereocenters. The van der Waals surface area contributed by atoms with Crippen molar-refractivity contribution in [3.05, 3.63) is 36.7 Å². The molecule has 102 valence electrons. The van der Waals surface area contributed by atoms with E-state index >= 15 is 0 Å². The summed E-state index contributed by atoms with van der Waals surface area (Å²) in [6.45, 7) is 0.726. The van der Waals surface area contributed by atoms with E-state index in [0.717, 1.165) is 34.9 Å². The third-order valence-corrected chi connectivity index (χ3v) is 3.60. The molecular weight excluding hydrogens is 274 g/mol. The average Bonchev–Trinajstić information content (AvgIpc) is 3.10. The van der Waals surface area contributed by atoms with Crippen LogP contribution in [0.4, 0.5) is 10.8 Å². The minimum absolute atomic E-state index is 0.519. The van der Waals surface area contributed by atoms with Gasteiger partial charge in [0.1, 0.15) is 23.0 Å². The molecule has 3 aromatic rings. The molecule has 0 spiro atoms. The van der Waals surface area contributed by atoms with Crippen molar-refractivity contribution in [1.29, 1.82) is 0 Å². The van der Waals surface area contributed by atoms with E-state index in [-0.39, 0.29) is 0 Å². The number of nitrogen functional groups attached to an aromatic ring is 1. The van der Waals surface area contributed by atoms with Gasteiger partial charge in [-0.3, -0.25) is 10.1 Å². The van der Waals surface area contributed by atoms with Crippen molar-refractivity contribution in [2.24, 2.45) is 0 Å². The predicted molar refractivity (Wildman–Crippen MR) is 78.3 cm³/mol. The quantitative estimate of drug-likeness (QED) is 0.657. The Balaban J connectivity index is 1.74. The van der Waals surface area contributed by atoms with E-state index in [0.29, 0.717) is 5.82 Å². The van der Waals surface area contributed by atoms with Crippen molar-refractivity contribution in [3.8, 4) is 11.1 Å². The van der Waals surface area contributed by atoms with Crippen molar-refractivity contribution in [2.75, 3.05) is 17.6 Å². The van der Waals surface area contributed by atoms with Crippen molar-refractivity contribution < 1.29 is 0 Å². The Kier molecular flexibility index (Phi) is 3.55. The third kappa shape index (κ3) is 2.59. The average molecular weight is 287 g/mol. The standard InChI is InChI=1S/C12H13N7S/c13-11-10(8-2-1-4-14-6-8)12(20-19-11)15-5-3-9-16-7-17-18-9/h1-2,4,6-7,15H,3,5H2,(H2,13,19)(H,16,17,18). The lowest BCUT2D eigenvalue weighted by Crippen LogP contribution is -2.05. The molecule has 0 aromatic carbocycles. The summed E-state index contributed by atoms with van der Waals surface area (Å²) < 4.78 is 4.20. The van der Waals surface area contributed by atoms with Gasteiger partial charge in [0.15, 0.2) is 0 Å². The lowest BCUT2D eigenvalue weighted by molar-refractivity contribution is 0.903. The normalized spacial score (nSPS) is 10.6. The van der Waals surface area contributed by atoms with E-state index < -0.39 is 0 Å². The Bertz CT molecular complexity index is 662. The molecule has 7 nitrogen and oxygen atoms in total. The van der Waals surface area contributed by atoms with Crippen molar-refractivity contribution in [3.63, 3.8) is 0 Å². The Morgan fingerprint density at radius 1 is 1.40 bits per heavy atom. The summed E-state index contributed by atoms with van der Waals surface area (Å²) >= 11 is 1.35. The molecule has 3 heterocycles. The first kappa shape index (κ1) is 12.5. The molecule has 0 saturated carbocycles. The zero-order valence-corrected chi connectivity index (χ0v) is 11.4. The van der Waals surface area contributed by atoms with E-state index in [1.165, 1.54) is 17.9 Å². The second-order valence-electron chi connectivity index (χ2n) is 4.12. The molecule has 0 fully saturated rings. The summed E-state index contributed by atoms with van der Waals surface area (Å²) in [5.41, 5.74) is 7.81. The molecule has 0 aliphatic carbocycles. The van der Waals surface area contributed by atoms with Gasteiger partial charge in [0.2, 0.25) is 0 Å². The number of aromatic nitrogens is 5. The number of nitrogens with two attached hydrogens (primary N) is 1. The Labute approximate surface area is 119 Å². The van der Waals surface area contributed by atoms with Gasteiger partial charge in [0.25, 0.3) is 0 Å². The van der Waals surface area contributed by atoms with Gasteiger partial charge in [-0.1, -0.05) is 6.07 Å². The third-order valence-electron chi connectivity index (χ3n) is 2.78. The van der Waals surface area contributed by atoms with E-state index in [2.05, 4.69) is 29.9 Å². The maximum absolute atomic E-state index is 5.94. The fraction of sp³-hybridized carbons (Fsp3) is 0.167. The minimum Gasteiger partial charge on any atom is -0.382 e. The number of hydrogen-bond acceptors (Lipinski definition) is 7. The lowest BCUT2D eigenvalue weighted by Gasteiger charge is -2.06. The first-order valence-electron chi connectivity index (χ1n) is 6.08. The highest BCUT2D eigenvalue weighted by Crippen LogP contribution is 2.36. The molecule has 0 unspecified atom stereocenters. The summed E-state index contributed by atoms with van der Waals surface area (Å²) in [6, 6.07) is 3.85. The van der Waals surface area contributed by atoms with Crippen LogP contribution in [0.2, 0.25) is 0 Å². The summed E-state index contributed by atoms with van der Waals surface area (Å²) in [7, 11) is 0. The van der Waals surface area contributed by atoms with Crippen molar-refractivity contribution in [1.82, 2.24) is 24.5 Å². The molecule has 0 saturated heterocycles. The van der Waals surface area contributed by atoms with E-state index in [4.69, 9.17) is 5.73 Å². The highest BCUT2D eigenvalue weighted by Gasteiger charge is 2.13. The fourth-order valence-electron chi connectivity index (χ4n) is 1.86. The van der Waals surface area contributed by atoms with E-state index in [1.54, 1.807) is 12.4 Å². The zero-order valence-electron chi connectivity index (χ0n) is 10.6. The van der Waals surface area contributed by atoms with Crippen LogP contribution in [-0.2, 0) is 6.42 Å². The summed E-state index contributed by atoms with van der Waals surface area (Å²) in [4.78, 5) is 8.19. The number of nitrogens with one attached hydrogen (secondary N) is 2. The van der Waals surface area contributed by atoms with Crippen LogP contribution < -0.4 is 11.1 Å². The van der Waals surface area contributed by atoms with Crippen LogP contribution in [0.1, 0.15) is 5.82 Å². The molecule has 20 heavy (non-hydrogen) atoms. The zero-order chi connectivity index (χ0) is 13.8. The Hall–Kier alpha value is -2.48. The fourth-order valence-corrected chi connectivity index (χ4v) is 2.62. The Morgan fingerprint density at radius 3 is 3.10 bits per heavy atom. The van der Waals surface area contributed by atoms with Crippen LogP contribution in [-0.4, -0.2) is 31.1 Å². The molecule has 3 rings (SSSR count). The molecule has 0 bridgehead atoms. The summed E-state index contributed by atoms with van der Waals surface area (Å²) in [6.07, 6.45) is 5.77. The van der Waals surface area contributed by atoms with Crippen molar-refractivity contribution >= 4 is 22.4 Å². The lowest BCUT2D eigenvalue weighted by atomic mass is 10.1. The highest BCUT2D eigenvalue weighted by molar-refractivity contribution is 7.11. The topological polar surface area (TPSA) is 105 Å². The maximum Gasteiger partial charge on any atom is 0.147 e. The number of rotatable bonds is 5. The number of aromatic amines is 1. The highest BCUT2D eigenvalue weighted by atomic mass is 32.1. The molecule has 0 radical (unpaired) electrons. The SMILES string of the molecule is Nc1nsc(NCCc2ncn[nH]2)c1-c1cccnc1. The number of pyridine rings is 1. The van der Waals surface area contributed by atoms with E-state index in [9.17, 15) is 0 Å². The van der Waals surface area contributed by atoms with Gasteiger partial charge in [-0.15, -0.1) is 0 Å². The van der Waals surface area contributed by atoms with Crippen molar-refractivity contribution in [2.45, 2.75) is 6.42 Å². The first-order valence-corrected chi connectivity index (χ1v) is 6.85. The van der Waals surface area contributed by atoms with E-state index in [1.807, 2.05) is 12.1 Å². The Morgan fingerprint density at radius 2 is 2.35 bits per heavy atom. The van der Waals surface area contributed by atoms with Crippen LogP contribution in [0.3, 0.4) is 0 Å². The van der Waals surface area contributed by atoms with Crippen LogP contribution >= 0.6 is 11.5 Å². The van der Waals surface area contributed by atoms with Gasteiger partial charge in [-0.05, 0) is 17.6 Å². The summed E-state index contributed by atoms with van der Waals surface area (Å²) in [5, 5.41) is 10.9. The smallest absolute Gasteiger partial charge is 0.147 e. The van der Waals surface area contributed by atoms with Gasteiger partial charge in [0, 0.05) is 30.9 Å². The largest absolute Gasteiger partial charge is 0.382 e. The summed E-state index contributed by atoms with van der Waals surface area (Å²) in [5.74, 6) is 1.36. The van der Waals surface area contributed by atoms with Crippen LogP contribution in [0, 0.1) is 0 Å². The molecule has 0 aliphatic rings. The monoisotopic (exact) mass is 287 g/mol.